The zero-order chi connectivity index (χ0) is 24.7. The van der Waals surface area contributed by atoms with Gasteiger partial charge in [-0.1, -0.05) is 13.0 Å². The summed E-state index contributed by atoms with van der Waals surface area (Å²) in [4.78, 5) is 13.3. The molecule has 1 atom stereocenters. The van der Waals surface area contributed by atoms with Crippen molar-refractivity contribution >= 4 is 23.4 Å². The van der Waals surface area contributed by atoms with E-state index >= 15 is 0 Å². The summed E-state index contributed by atoms with van der Waals surface area (Å²) >= 11 is 0. The molecule has 0 aliphatic carbocycles. The van der Waals surface area contributed by atoms with Crippen LogP contribution in [0.25, 0.3) is 22.3 Å². The average molecular weight is 463 g/mol. The van der Waals surface area contributed by atoms with Gasteiger partial charge in [0.15, 0.2) is 0 Å². The molecule has 0 amide bonds. The molecule has 8 nitrogen and oxygen atoms in total. The maximum absolute atomic E-state index is 5.78. The van der Waals surface area contributed by atoms with Gasteiger partial charge in [0.1, 0.15) is 11.0 Å². The van der Waals surface area contributed by atoms with Gasteiger partial charge in [0.25, 0.3) is 0 Å². The lowest BCUT2D eigenvalue weighted by Gasteiger charge is -2.16. The third-order valence-corrected chi connectivity index (χ3v) is 5.69. The summed E-state index contributed by atoms with van der Waals surface area (Å²) in [5.74, 6) is 1.03. The number of rotatable bonds is 11. The summed E-state index contributed by atoms with van der Waals surface area (Å²) in [6.45, 7) is 14.9. The Labute approximate surface area is 201 Å². The van der Waals surface area contributed by atoms with Gasteiger partial charge in [-0.15, -0.1) is 0 Å². The number of pyridine rings is 2. The molecular formula is C26H34N6O2. The fraction of sp³-hybridized carbons (Fsp3) is 0.385. The van der Waals surface area contributed by atoms with Crippen LogP contribution in [-0.4, -0.2) is 46.7 Å². The van der Waals surface area contributed by atoms with E-state index in [2.05, 4.69) is 40.5 Å². The topological polar surface area (TPSA) is 86.5 Å². The molecule has 180 valence electrons. The number of ether oxygens (including phenoxy) is 2. The Hall–Kier alpha value is -3.68. The van der Waals surface area contributed by atoms with Crippen LogP contribution in [-0.2, 0) is 4.74 Å². The van der Waals surface area contributed by atoms with Crippen molar-refractivity contribution < 1.29 is 9.47 Å². The molecule has 1 unspecified atom stereocenters. The molecule has 0 saturated carbocycles. The summed E-state index contributed by atoms with van der Waals surface area (Å²) in [5.41, 5.74) is 6.28. The predicted molar refractivity (Wildman–Crippen MR) is 139 cm³/mol. The summed E-state index contributed by atoms with van der Waals surface area (Å²) in [5, 5.41) is 8.43. The van der Waals surface area contributed by atoms with E-state index in [1.807, 2.05) is 51.1 Å². The predicted octanol–water partition coefficient (Wildman–Crippen LogP) is 5.72. The first kappa shape index (κ1) is 25.0. The fourth-order valence-corrected chi connectivity index (χ4v) is 3.64. The van der Waals surface area contributed by atoms with Crippen LogP contribution >= 0.6 is 0 Å². The molecule has 3 aromatic rings. The van der Waals surface area contributed by atoms with Gasteiger partial charge >= 0.3 is 0 Å². The van der Waals surface area contributed by atoms with Gasteiger partial charge in [-0.2, -0.15) is 5.10 Å². The molecule has 3 heterocycles. The van der Waals surface area contributed by atoms with E-state index < -0.39 is 0 Å². The molecule has 0 aliphatic rings. The van der Waals surface area contributed by atoms with E-state index in [0.717, 1.165) is 45.7 Å². The largest absolute Gasteiger partial charge is 0.481 e. The number of nitrogens with one attached hydrogen (secondary N) is 1. The molecule has 0 aromatic carbocycles. The highest BCUT2D eigenvalue weighted by Gasteiger charge is 2.20. The number of methoxy groups -OCH3 is 1. The Bertz CT molecular complexity index is 1210. The number of aliphatic imine (C=N–C) groups is 1. The molecule has 3 rings (SSSR count). The molecule has 34 heavy (non-hydrogen) atoms. The zero-order valence-corrected chi connectivity index (χ0v) is 20.9. The lowest BCUT2D eigenvalue weighted by Crippen LogP contribution is -2.10. The summed E-state index contributed by atoms with van der Waals surface area (Å²) in [6.07, 6.45) is 6.57. The molecule has 0 radical (unpaired) electrons. The summed E-state index contributed by atoms with van der Waals surface area (Å²) in [6, 6.07) is 6.14. The minimum absolute atomic E-state index is 0.230. The third kappa shape index (κ3) is 5.27. The van der Waals surface area contributed by atoms with Crippen LogP contribution in [0.4, 0.5) is 5.69 Å². The van der Waals surface area contributed by atoms with Crippen molar-refractivity contribution in [1.29, 1.82) is 0 Å². The van der Waals surface area contributed by atoms with E-state index in [-0.39, 0.29) is 6.04 Å². The second-order valence-corrected chi connectivity index (χ2v) is 7.89. The van der Waals surface area contributed by atoms with Crippen LogP contribution in [0.1, 0.15) is 45.9 Å². The van der Waals surface area contributed by atoms with Crippen molar-refractivity contribution in [1.82, 2.24) is 19.7 Å². The van der Waals surface area contributed by atoms with Crippen molar-refractivity contribution in [3.63, 3.8) is 0 Å². The molecule has 0 aliphatic heterocycles. The second-order valence-electron chi connectivity index (χ2n) is 7.89. The first-order chi connectivity index (χ1) is 16.5. The molecule has 0 fully saturated rings. The monoisotopic (exact) mass is 462 g/mol. The first-order valence-electron chi connectivity index (χ1n) is 11.6. The van der Waals surface area contributed by atoms with E-state index in [1.54, 1.807) is 13.3 Å². The van der Waals surface area contributed by atoms with E-state index in [1.165, 1.54) is 0 Å². The minimum Gasteiger partial charge on any atom is -0.481 e. The van der Waals surface area contributed by atoms with Crippen molar-refractivity contribution in [2.24, 2.45) is 4.99 Å². The van der Waals surface area contributed by atoms with Crippen LogP contribution in [0.15, 0.2) is 53.0 Å². The molecule has 3 aromatic heterocycles. The maximum Gasteiger partial charge on any atom is 0.222 e. The number of hydrogen-bond acceptors (Lipinski definition) is 7. The van der Waals surface area contributed by atoms with Gasteiger partial charge in [-0.25, -0.2) is 15.0 Å². The van der Waals surface area contributed by atoms with E-state index in [4.69, 9.17) is 19.6 Å². The summed E-state index contributed by atoms with van der Waals surface area (Å²) in [7, 11) is 1.58. The summed E-state index contributed by atoms with van der Waals surface area (Å²) < 4.78 is 13.1. The van der Waals surface area contributed by atoms with E-state index in [9.17, 15) is 0 Å². The third-order valence-electron chi connectivity index (χ3n) is 5.69. The van der Waals surface area contributed by atoms with Crippen LogP contribution in [0.3, 0.4) is 0 Å². The minimum atomic E-state index is 0.230. The van der Waals surface area contributed by atoms with Crippen molar-refractivity contribution in [3.8, 4) is 17.1 Å². The van der Waals surface area contributed by atoms with Gasteiger partial charge in [0.2, 0.25) is 11.8 Å². The van der Waals surface area contributed by atoms with Gasteiger partial charge in [0.05, 0.1) is 36.4 Å². The smallest absolute Gasteiger partial charge is 0.222 e. The standard InChI is InChI=1S/C26H34N6O2/c1-8-17(4)32-25-22(29-16-19(9-2)14-23(27-6)33-7)15-21(30-24(25)18(5)31-32)20-12-11-13-28-26(20)34-10-3/h9,11-15,17H,6,8,10,16H2,1-5,7H3,(H,29,30)/b19-9+,23-14+. The number of aromatic nitrogens is 4. The number of nitrogens with zero attached hydrogens (tertiary/aromatic N) is 5. The lowest BCUT2D eigenvalue weighted by atomic mass is 10.1. The zero-order valence-electron chi connectivity index (χ0n) is 20.9. The average Bonchev–Trinajstić information content (AvgIpc) is 3.20. The Morgan fingerprint density at radius 3 is 2.79 bits per heavy atom. The number of hydrogen-bond donors (Lipinski definition) is 1. The van der Waals surface area contributed by atoms with Gasteiger partial charge < -0.3 is 14.8 Å². The first-order valence-corrected chi connectivity index (χ1v) is 11.6. The Balaban J connectivity index is 2.16. The fourth-order valence-electron chi connectivity index (χ4n) is 3.64. The molecule has 0 bridgehead atoms. The highest BCUT2D eigenvalue weighted by Crippen LogP contribution is 2.35. The molecule has 0 spiro atoms. The lowest BCUT2D eigenvalue weighted by molar-refractivity contribution is 0.289. The van der Waals surface area contributed by atoms with Gasteiger partial charge in [-0.05, 0) is 64.6 Å². The number of fused-ring (bicyclic) bond motifs is 1. The molecule has 8 heteroatoms. The molecular weight excluding hydrogens is 428 g/mol. The maximum atomic E-state index is 5.78. The second kappa shape index (κ2) is 11.4. The Morgan fingerprint density at radius 1 is 1.35 bits per heavy atom. The number of allylic oxidation sites excluding steroid dienone is 1. The van der Waals surface area contributed by atoms with Crippen molar-refractivity contribution in [2.75, 3.05) is 25.6 Å². The van der Waals surface area contributed by atoms with E-state index in [0.29, 0.717) is 24.9 Å². The Morgan fingerprint density at radius 2 is 2.15 bits per heavy atom. The quantitative estimate of drug-likeness (QED) is 0.223. The van der Waals surface area contributed by atoms with Gasteiger partial charge in [0, 0.05) is 24.9 Å². The SMILES string of the molecule is C=N/C(=C\C(=C/C)CNc1cc(-c2cccnc2OCC)nc2c(C)nn(C(C)CC)c12)OC. The molecule has 1 N–H and O–H groups in total. The highest BCUT2D eigenvalue weighted by atomic mass is 16.5. The van der Waals surface area contributed by atoms with Crippen LogP contribution < -0.4 is 10.1 Å². The Kier molecular flexibility index (Phi) is 8.40. The van der Waals surface area contributed by atoms with Gasteiger partial charge in [-0.3, -0.25) is 4.68 Å². The van der Waals surface area contributed by atoms with Crippen LogP contribution in [0, 0.1) is 6.92 Å². The van der Waals surface area contributed by atoms with Crippen molar-refractivity contribution in [2.45, 2.75) is 47.1 Å². The number of aryl methyl sites for hydroxylation is 1. The number of anilines is 1. The van der Waals surface area contributed by atoms with Crippen LogP contribution in [0.2, 0.25) is 0 Å². The normalized spacial score (nSPS) is 13.1. The highest BCUT2D eigenvalue weighted by molar-refractivity contribution is 5.93. The molecule has 0 saturated heterocycles. The van der Waals surface area contributed by atoms with Crippen molar-refractivity contribution in [3.05, 3.63) is 53.7 Å². The van der Waals surface area contributed by atoms with Crippen LogP contribution in [0.5, 0.6) is 5.88 Å².